The SMILES string of the molecule is CCCCNC(=NC)NCCNC(=O)c1ccco1. The Morgan fingerprint density at radius 3 is 2.63 bits per heavy atom. The van der Waals surface area contributed by atoms with Gasteiger partial charge < -0.3 is 20.4 Å². The van der Waals surface area contributed by atoms with Gasteiger partial charge in [-0.2, -0.15) is 0 Å². The Morgan fingerprint density at radius 1 is 1.26 bits per heavy atom. The van der Waals surface area contributed by atoms with Gasteiger partial charge in [-0.15, -0.1) is 0 Å². The number of nitrogens with one attached hydrogen (secondary N) is 3. The van der Waals surface area contributed by atoms with Crippen LogP contribution in [0.25, 0.3) is 0 Å². The van der Waals surface area contributed by atoms with Crippen LogP contribution in [0.3, 0.4) is 0 Å². The minimum atomic E-state index is -0.208. The van der Waals surface area contributed by atoms with E-state index >= 15 is 0 Å². The lowest BCUT2D eigenvalue weighted by molar-refractivity contribution is 0.0926. The van der Waals surface area contributed by atoms with Crippen LogP contribution in [0.5, 0.6) is 0 Å². The lowest BCUT2D eigenvalue weighted by Gasteiger charge is -2.11. The molecule has 0 unspecified atom stereocenters. The number of guanidine groups is 1. The van der Waals surface area contributed by atoms with Crippen molar-refractivity contribution in [3.63, 3.8) is 0 Å². The number of rotatable bonds is 7. The van der Waals surface area contributed by atoms with Gasteiger partial charge in [-0.05, 0) is 18.6 Å². The standard InChI is InChI=1S/C13H22N4O2/c1-3-4-7-16-13(14-2)17-9-8-15-12(18)11-6-5-10-19-11/h5-6,10H,3-4,7-9H2,1-2H3,(H,15,18)(H2,14,16,17). The molecule has 0 fully saturated rings. The van der Waals surface area contributed by atoms with E-state index < -0.39 is 0 Å². The smallest absolute Gasteiger partial charge is 0.287 e. The molecule has 0 aliphatic carbocycles. The number of hydrogen-bond acceptors (Lipinski definition) is 3. The number of carbonyl (C=O) groups is 1. The first-order valence-electron chi connectivity index (χ1n) is 6.54. The fourth-order valence-electron chi connectivity index (χ4n) is 1.46. The van der Waals surface area contributed by atoms with Crippen LogP contribution in [0.1, 0.15) is 30.3 Å². The monoisotopic (exact) mass is 266 g/mol. The van der Waals surface area contributed by atoms with Crippen molar-refractivity contribution in [1.82, 2.24) is 16.0 Å². The summed E-state index contributed by atoms with van der Waals surface area (Å²) in [5.74, 6) is 0.867. The predicted molar refractivity (Wildman–Crippen MR) is 75.3 cm³/mol. The highest BCUT2D eigenvalue weighted by Gasteiger charge is 2.06. The summed E-state index contributed by atoms with van der Waals surface area (Å²) >= 11 is 0. The molecule has 1 aromatic heterocycles. The van der Waals surface area contributed by atoms with Crippen LogP contribution in [0.4, 0.5) is 0 Å². The van der Waals surface area contributed by atoms with E-state index in [9.17, 15) is 4.79 Å². The first kappa shape index (κ1) is 15.1. The van der Waals surface area contributed by atoms with E-state index in [0.29, 0.717) is 18.8 Å². The van der Waals surface area contributed by atoms with Crippen LogP contribution in [-0.4, -0.2) is 38.5 Å². The molecule has 0 saturated heterocycles. The van der Waals surface area contributed by atoms with E-state index in [1.807, 2.05) is 0 Å². The quantitative estimate of drug-likeness (QED) is 0.390. The van der Waals surface area contributed by atoms with E-state index in [1.54, 1.807) is 19.2 Å². The van der Waals surface area contributed by atoms with E-state index in [2.05, 4.69) is 27.9 Å². The second-order valence-electron chi connectivity index (χ2n) is 4.01. The van der Waals surface area contributed by atoms with Crippen molar-refractivity contribution in [2.45, 2.75) is 19.8 Å². The Morgan fingerprint density at radius 2 is 2.00 bits per heavy atom. The van der Waals surface area contributed by atoms with Gasteiger partial charge >= 0.3 is 0 Å². The third kappa shape index (κ3) is 5.94. The molecule has 0 bridgehead atoms. The van der Waals surface area contributed by atoms with Crippen molar-refractivity contribution in [2.75, 3.05) is 26.7 Å². The van der Waals surface area contributed by atoms with Gasteiger partial charge in [0.15, 0.2) is 11.7 Å². The van der Waals surface area contributed by atoms with Crippen LogP contribution in [0, 0.1) is 0 Å². The minimum absolute atomic E-state index is 0.208. The van der Waals surface area contributed by atoms with E-state index in [4.69, 9.17) is 4.42 Å². The molecule has 0 aromatic carbocycles. The number of carbonyl (C=O) groups excluding carboxylic acids is 1. The van der Waals surface area contributed by atoms with Gasteiger partial charge in [0.2, 0.25) is 0 Å². The summed E-state index contributed by atoms with van der Waals surface area (Å²) in [5, 5.41) is 9.07. The molecule has 1 aromatic rings. The third-order valence-corrected chi connectivity index (χ3v) is 2.49. The number of aliphatic imine (C=N–C) groups is 1. The maximum atomic E-state index is 11.6. The Kier molecular flexibility index (Phi) is 7.16. The van der Waals surface area contributed by atoms with E-state index in [0.717, 1.165) is 25.3 Å². The van der Waals surface area contributed by atoms with Gasteiger partial charge in [-0.25, -0.2) is 0 Å². The zero-order valence-corrected chi connectivity index (χ0v) is 11.5. The summed E-state index contributed by atoms with van der Waals surface area (Å²) < 4.78 is 4.99. The fourth-order valence-corrected chi connectivity index (χ4v) is 1.46. The van der Waals surface area contributed by atoms with Crippen LogP contribution in [0.2, 0.25) is 0 Å². The highest BCUT2D eigenvalue weighted by atomic mass is 16.3. The van der Waals surface area contributed by atoms with Crippen molar-refractivity contribution in [1.29, 1.82) is 0 Å². The van der Waals surface area contributed by atoms with Crippen LogP contribution < -0.4 is 16.0 Å². The molecule has 1 rings (SSSR count). The summed E-state index contributed by atoms with van der Waals surface area (Å²) in [7, 11) is 1.72. The second-order valence-corrected chi connectivity index (χ2v) is 4.01. The zero-order chi connectivity index (χ0) is 13.9. The third-order valence-electron chi connectivity index (χ3n) is 2.49. The number of hydrogen-bond donors (Lipinski definition) is 3. The van der Waals surface area contributed by atoms with Gasteiger partial charge in [-0.1, -0.05) is 13.3 Å². The van der Waals surface area contributed by atoms with Crippen molar-refractivity contribution >= 4 is 11.9 Å². The summed E-state index contributed by atoms with van der Waals surface area (Å²) in [6.07, 6.45) is 3.73. The first-order chi connectivity index (χ1) is 9.27. The molecule has 1 amide bonds. The molecule has 0 spiro atoms. The average molecular weight is 266 g/mol. The van der Waals surface area contributed by atoms with Crippen LogP contribution in [0.15, 0.2) is 27.8 Å². The normalized spacial score (nSPS) is 11.2. The largest absolute Gasteiger partial charge is 0.459 e. The Balaban J connectivity index is 2.14. The van der Waals surface area contributed by atoms with Gasteiger partial charge in [-0.3, -0.25) is 9.79 Å². The van der Waals surface area contributed by atoms with Crippen molar-refractivity contribution < 1.29 is 9.21 Å². The van der Waals surface area contributed by atoms with E-state index in [1.165, 1.54) is 6.26 Å². The Hall–Kier alpha value is -1.98. The molecule has 0 aliphatic rings. The van der Waals surface area contributed by atoms with Crippen molar-refractivity contribution in [3.8, 4) is 0 Å². The van der Waals surface area contributed by atoms with Gasteiger partial charge in [0.25, 0.3) is 5.91 Å². The number of amides is 1. The molecule has 19 heavy (non-hydrogen) atoms. The van der Waals surface area contributed by atoms with Gasteiger partial charge in [0.1, 0.15) is 0 Å². The van der Waals surface area contributed by atoms with Gasteiger partial charge in [0, 0.05) is 26.7 Å². The Bertz CT molecular complexity index is 387. The summed E-state index contributed by atoms with van der Waals surface area (Å²) in [6, 6.07) is 3.32. The highest BCUT2D eigenvalue weighted by molar-refractivity contribution is 5.91. The van der Waals surface area contributed by atoms with Crippen LogP contribution in [-0.2, 0) is 0 Å². The van der Waals surface area contributed by atoms with Crippen molar-refractivity contribution in [3.05, 3.63) is 24.2 Å². The van der Waals surface area contributed by atoms with E-state index in [-0.39, 0.29) is 5.91 Å². The maximum Gasteiger partial charge on any atom is 0.287 e. The number of unbranched alkanes of at least 4 members (excludes halogenated alkanes) is 1. The number of nitrogens with zero attached hydrogens (tertiary/aromatic N) is 1. The lowest BCUT2D eigenvalue weighted by atomic mass is 10.3. The summed E-state index contributed by atoms with van der Waals surface area (Å²) in [5.41, 5.74) is 0. The molecule has 6 heteroatoms. The first-order valence-corrected chi connectivity index (χ1v) is 6.54. The van der Waals surface area contributed by atoms with Crippen LogP contribution >= 0.6 is 0 Å². The highest BCUT2D eigenvalue weighted by Crippen LogP contribution is 1.98. The molecular weight excluding hydrogens is 244 g/mol. The summed E-state index contributed by atoms with van der Waals surface area (Å²) in [6.45, 7) is 4.16. The molecule has 0 saturated carbocycles. The molecule has 1 heterocycles. The zero-order valence-electron chi connectivity index (χ0n) is 11.5. The molecule has 0 atom stereocenters. The maximum absolute atomic E-state index is 11.6. The molecule has 6 nitrogen and oxygen atoms in total. The van der Waals surface area contributed by atoms with Crippen molar-refractivity contribution in [2.24, 2.45) is 4.99 Å². The molecule has 0 aliphatic heterocycles. The number of furan rings is 1. The average Bonchev–Trinajstić information content (AvgIpc) is 2.95. The molecule has 0 radical (unpaired) electrons. The molecular formula is C13H22N4O2. The topological polar surface area (TPSA) is 78.7 Å². The lowest BCUT2D eigenvalue weighted by Crippen LogP contribution is -2.41. The van der Waals surface area contributed by atoms with Gasteiger partial charge in [0.05, 0.1) is 6.26 Å². The Labute approximate surface area is 113 Å². The fraction of sp³-hybridized carbons (Fsp3) is 0.538. The second kappa shape index (κ2) is 9.02. The predicted octanol–water partition coefficient (Wildman–Crippen LogP) is 0.975. The summed E-state index contributed by atoms with van der Waals surface area (Å²) in [4.78, 5) is 15.6. The minimum Gasteiger partial charge on any atom is -0.459 e. The molecule has 106 valence electrons. The molecule has 3 N–H and O–H groups in total.